The Bertz CT molecular complexity index is 701. The summed E-state index contributed by atoms with van der Waals surface area (Å²) in [6.45, 7) is 3.61. The molecule has 134 valence electrons. The molecule has 1 fully saturated rings. The van der Waals surface area contributed by atoms with E-state index in [1.54, 1.807) is 14.0 Å². The Morgan fingerprint density at radius 2 is 1.76 bits per heavy atom. The van der Waals surface area contributed by atoms with Gasteiger partial charge >= 0.3 is 0 Å². The first-order chi connectivity index (χ1) is 12.2. The summed E-state index contributed by atoms with van der Waals surface area (Å²) in [5.74, 6) is 2.03. The molecule has 1 amide bonds. The molecule has 2 heterocycles. The standard InChI is InChI=1S/C19H24N2O4/c1-14-17(13-24-16-9-7-15(23-2)8-10-16)18(20-25-14)19(22)21-11-5-3-4-6-12-21/h7-10H,3-6,11-13H2,1-2H3. The Hall–Kier alpha value is -2.50. The van der Waals surface area contributed by atoms with Gasteiger partial charge in [-0.25, -0.2) is 0 Å². The molecule has 1 aromatic carbocycles. The molecule has 3 rings (SSSR count). The molecule has 1 aliphatic heterocycles. The third-order valence-electron chi connectivity index (χ3n) is 4.52. The normalized spacial score (nSPS) is 14.9. The van der Waals surface area contributed by atoms with Gasteiger partial charge in [0.05, 0.1) is 12.7 Å². The highest BCUT2D eigenvalue weighted by Gasteiger charge is 2.25. The maximum Gasteiger partial charge on any atom is 0.276 e. The van der Waals surface area contributed by atoms with Crippen LogP contribution >= 0.6 is 0 Å². The van der Waals surface area contributed by atoms with Gasteiger partial charge < -0.3 is 18.9 Å². The largest absolute Gasteiger partial charge is 0.497 e. The molecule has 0 radical (unpaired) electrons. The zero-order chi connectivity index (χ0) is 17.6. The van der Waals surface area contributed by atoms with Crippen LogP contribution in [0.2, 0.25) is 0 Å². The van der Waals surface area contributed by atoms with Gasteiger partial charge in [0.1, 0.15) is 23.9 Å². The van der Waals surface area contributed by atoms with Crippen LogP contribution < -0.4 is 9.47 Å². The van der Waals surface area contributed by atoms with E-state index in [4.69, 9.17) is 14.0 Å². The van der Waals surface area contributed by atoms with Crippen LogP contribution in [0.25, 0.3) is 0 Å². The van der Waals surface area contributed by atoms with Crippen LogP contribution in [0.4, 0.5) is 0 Å². The summed E-state index contributed by atoms with van der Waals surface area (Å²) in [5.41, 5.74) is 1.08. The topological polar surface area (TPSA) is 64.8 Å². The number of hydrogen-bond acceptors (Lipinski definition) is 5. The van der Waals surface area contributed by atoms with Crippen LogP contribution in [-0.4, -0.2) is 36.2 Å². The van der Waals surface area contributed by atoms with Crippen LogP contribution in [0.3, 0.4) is 0 Å². The van der Waals surface area contributed by atoms with E-state index < -0.39 is 0 Å². The summed E-state index contributed by atoms with van der Waals surface area (Å²) in [6, 6.07) is 7.33. The number of aromatic nitrogens is 1. The van der Waals surface area contributed by atoms with E-state index in [0.717, 1.165) is 31.7 Å². The molecule has 2 aromatic rings. The van der Waals surface area contributed by atoms with Crippen molar-refractivity contribution in [2.45, 2.75) is 39.2 Å². The summed E-state index contributed by atoms with van der Waals surface area (Å²) in [7, 11) is 1.62. The summed E-state index contributed by atoms with van der Waals surface area (Å²) in [5, 5.41) is 3.99. The lowest BCUT2D eigenvalue weighted by Crippen LogP contribution is -2.32. The summed E-state index contributed by atoms with van der Waals surface area (Å²) < 4.78 is 16.2. The Labute approximate surface area is 147 Å². The number of nitrogens with zero attached hydrogens (tertiary/aromatic N) is 2. The number of hydrogen-bond donors (Lipinski definition) is 0. The second-order valence-electron chi connectivity index (χ2n) is 6.24. The van der Waals surface area contributed by atoms with Gasteiger partial charge in [0.2, 0.25) is 0 Å². The minimum atomic E-state index is -0.0629. The van der Waals surface area contributed by atoms with Crippen molar-refractivity contribution in [3.63, 3.8) is 0 Å². The van der Waals surface area contributed by atoms with E-state index in [1.807, 2.05) is 29.2 Å². The zero-order valence-electron chi connectivity index (χ0n) is 14.8. The van der Waals surface area contributed by atoms with Crippen molar-refractivity contribution in [1.29, 1.82) is 0 Å². The van der Waals surface area contributed by atoms with Gasteiger partial charge in [-0.1, -0.05) is 18.0 Å². The highest BCUT2D eigenvalue weighted by Crippen LogP contribution is 2.22. The number of amides is 1. The van der Waals surface area contributed by atoms with Crippen LogP contribution in [0.1, 0.15) is 47.5 Å². The fraction of sp³-hybridized carbons (Fsp3) is 0.474. The van der Waals surface area contributed by atoms with Gasteiger partial charge in [-0.2, -0.15) is 0 Å². The molecule has 0 saturated carbocycles. The second kappa shape index (κ2) is 8.05. The number of ether oxygens (including phenoxy) is 2. The smallest absolute Gasteiger partial charge is 0.276 e. The summed E-state index contributed by atoms with van der Waals surface area (Å²) in [4.78, 5) is 14.7. The maximum atomic E-state index is 12.8. The molecule has 0 N–H and O–H groups in total. The molecule has 0 spiro atoms. The van der Waals surface area contributed by atoms with Crippen molar-refractivity contribution in [2.24, 2.45) is 0 Å². The molecule has 1 aliphatic rings. The molecule has 0 atom stereocenters. The van der Waals surface area contributed by atoms with E-state index in [2.05, 4.69) is 5.16 Å². The van der Waals surface area contributed by atoms with Crippen molar-refractivity contribution in [2.75, 3.05) is 20.2 Å². The molecule has 6 nitrogen and oxygen atoms in total. The number of carbonyl (C=O) groups excluding carboxylic acids is 1. The molecule has 1 aromatic heterocycles. The first kappa shape index (κ1) is 17.3. The fourth-order valence-corrected chi connectivity index (χ4v) is 2.98. The molecule has 25 heavy (non-hydrogen) atoms. The molecule has 0 aliphatic carbocycles. The molecular formula is C19H24N2O4. The van der Waals surface area contributed by atoms with Gasteiger partial charge in [0, 0.05) is 13.1 Å². The minimum Gasteiger partial charge on any atom is -0.497 e. The minimum absolute atomic E-state index is 0.0629. The Balaban J connectivity index is 1.71. The van der Waals surface area contributed by atoms with Crippen LogP contribution in [0.15, 0.2) is 28.8 Å². The number of methoxy groups -OCH3 is 1. The van der Waals surface area contributed by atoms with Crippen molar-refractivity contribution >= 4 is 5.91 Å². The van der Waals surface area contributed by atoms with Crippen LogP contribution in [-0.2, 0) is 6.61 Å². The van der Waals surface area contributed by atoms with Crippen molar-refractivity contribution < 1.29 is 18.8 Å². The number of rotatable bonds is 5. The second-order valence-corrected chi connectivity index (χ2v) is 6.24. The van der Waals surface area contributed by atoms with E-state index in [9.17, 15) is 4.79 Å². The highest BCUT2D eigenvalue weighted by atomic mass is 16.5. The van der Waals surface area contributed by atoms with Gasteiger partial charge in [0.25, 0.3) is 5.91 Å². The Kier molecular flexibility index (Phi) is 5.58. The number of aryl methyl sites for hydroxylation is 1. The lowest BCUT2D eigenvalue weighted by Gasteiger charge is -2.19. The van der Waals surface area contributed by atoms with Gasteiger partial charge in [0.15, 0.2) is 5.69 Å². The monoisotopic (exact) mass is 344 g/mol. The van der Waals surface area contributed by atoms with E-state index in [0.29, 0.717) is 22.8 Å². The number of benzene rings is 1. The third-order valence-corrected chi connectivity index (χ3v) is 4.52. The van der Waals surface area contributed by atoms with Crippen LogP contribution in [0.5, 0.6) is 11.5 Å². The average molecular weight is 344 g/mol. The number of likely N-dealkylation sites (tertiary alicyclic amines) is 1. The van der Waals surface area contributed by atoms with Crippen molar-refractivity contribution in [1.82, 2.24) is 10.1 Å². The van der Waals surface area contributed by atoms with E-state index >= 15 is 0 Å². The zero-order valence-corrected chi connectivity index (χ0v) is 14.8. The first-order valence-electron chi connectivity index (χ1n) is 8.70. The number of carbonyl (C=O) groups is 1. The molecule has 0 bridgehead atoms. The maximum absolute atomic E-state index is 12.8. The highest BCUT2D eigenvalue weighted by molar-refractivity contribution is 5.93. The average Bonchev–Trinajstić information content (AvgIpc) is 2.84. The lowest BCUT2D eigenvalue weighted by molar-refractivity contribution is 0.0749. The summed E-state index contributed by atoms with van der Waals surface area (Å²) >= 11 is 0. The Morgan fingerprint density at radius 1 is 1.12 bits per heavy atom. The predicted octanol–water partition coefficient (Wildman–Crippen LogP) is 3.59. The van der Waals surface area contributed by atoms with Gasteiger partial charge in [-0.15, -0.1) is 0 Å². The van der Waals surface area contributed by atoms with Crippen LogP contribution in [0, 0.1) is 6.92 Å². The SMILES string of the molecule is COc1ccc(OCc2c(C(=O)N3CCCCCC3)noc2C)cc1. The molecule has 1 saturated heterocycles. The van der Waals surface area contributed by atoms with Gasteiger partial charge in [-0.3, -0.25) is 4.79 Å². The van der Waals surface area contributed by atoms with E-state index in [1.165, 1.54) is 12.8 Å². The van der Waals surface area contributed by atoms with E-state index in [-0.39, 0.29) is 12.5 Å². The Morgan fingerprint density at radius 3 is 2.40 bits per heavy atom. The van der Waals surface area contributed by atoms with Crippen molar-refractivity contribution in [3.8, 4) is 11.5 Å². The fourth-order valence-electron chi connectivity index (χ4n) is 2.98. The molecule has 6 heteroatoms. The van der Waals surface area contributed by atoms with Crippen molar-refractivity contribution in [3.05, 3.63) is 41.3 Å². The first-order valence-corrected chi connectivity index (χ1v) is 8.70. The lowest BCUT2D eigenvalue weighted by atomic mass is 10.2. The third kappa shape index (κ3) is 4.13. The predicted molar refractivity (Wildman–Crippen MR) is 92.9 cm³/mol. The quantitative estimate of drug-likeness (QED) is 0.829. The van der Waals surface area contributed by atoms with Gasteiger partial charge in [-0.05, 0) is 44.0 Å². The molecular weight excluding hydrogens is 320 g/mol. The summed E-state index contributed by atoms with van der Waals surface area (Å²) in [6.07, 6.45) is 4.44. The molecule has 0 unspecified atom stereocenters.